The molecule has 0 bridgehead atoms. The van der Waals surface area contributed by atoms with Crippen LogP contribution in [0.15, 0.2) is 24.3 Å². The number of nitrogens with one attached hydrogen (secondary N) is 1. The lowest BCUT2D eigenvalue weighted by Crippen LogP contribution is -2.52. The largest absolute Gasteiger partial charge is 0.352 e. The first-order valence-corrected chi connectivity index (χ1v) is 9.38. The SMILES string of the molecule is CC1(N)CCCCC1C(=O)NCc1cccc(CN2CCCC2=O)c1. The molecule has 25 heavy (non-hydrogen) atoms. The van der Waals surface area contributed by atoms with E-state index in [4.69, 9.17) is 5.73 Å². The summed E-state index contributed by atoms with van der Waals surface area (Å²) < 4.78 is 0. The van der Waals surface area contributed by atoms with Gasteiger partial charge in [-0.3, -0.25) is 9.59 Å². The van der Waals surface area contributed by atoms with Gasteiger partial charge in [0.2, 0.25) is 11.8 Å². The van der Waals surface area contributed by atoms with Gasteiger partial charge >= 0.3 is 0 Å². The third-order valence-corrected chi connectivity index (χ3v) is 5.57. The highest BCUT2D eigenvalue weighted by atomic mass is 16.2. The van der Waals surface area contributed by atoms with Gasteiger partial charge in [0, 0.05) is 31.6 Å². The maximum atomic E-state index is 12.5. The number of nitrogens with two attached hydrogens (primary N) is 1. The molecule has 2 unspecified atom stereocenters. The highest BCUT2D eigenvalue weighted by Crippen LogP contribution is 2.31. The number of rotatable bonds is 5. The Morgan fingerprint density at radius 1 is 1.32 bits per heavy atom. The molecule has 1 aliphatic heterocycles. The van der Waals surface area contributed by atoms with E-state index in [1.165, 1.54) is 0 Å². The number of carbonyl (C=O) groups excluding carboxylic acids is 2. The van der Waals surface area contributed by atoms with E-state index in [0.29, 0.717) is 19.5 Å². The van der Waals surface area contributed by atoms with Gasteiger partial charge in [-0.05, 0) is 37.3 Å². The molecule has 1 saturated carbocycles. The number of hydrogen-bond acceptors (Lipinski definition) is 3. The van der Waals surface area contributed by atoms with E-state index < -0.39 is 5.54 Å². The van der Waals surface area contributed by atoms with Crippen molar-refractivity contribution in [3.8, 4) is 0 Å². The van der Waals surface area contributed by atoms with E-state index in [0.717, 1.165) is 49.8 Å². The molecule has 3 rings (SSSR count). The van der Waals surface area contributed by atoms with Gasteiger partial charge < -0.3 is 16.0 Å². The molecule has 3 N–H and O–H groups in total. The average molecular weight is 343 g/mol. The highest BCUT2D eigenvalue weighted by molar-refractivity contribution is 5.80. The van der Waals surface area contributed by atoms with Crippen LogP contribution in [0, 0.1) is 5.92 Å². The summed E-state index contributed by atoms with van der Waals surface area (Å²) in [5.41, 5.74) is 8.10. The molecule has 2 amide bonds. The van der Waals surface area contributed by atoms with Crippen LogP contribution in [0.4, 0.5) is 0 Å². The van der Waals surface area contributed by atoms with Crippen LogP contribution in [0.5, 0.6) is 0 Å². The fourth-order valence-electron chi connectivity index (χ4n) is 4.03. The standard InChI is InChI=1S/C20H29N3O2/c1-20(21)10-3-2-8-17(20)19(25)22-13-15-6-4-7-16(12-15)14-23-11-5-9-18(23)24/h4,6-7,12,17H,2-3,5,8-11,13-14,21H2,1H3,(H,22,25). The Balaban J connectivity index is 1.57. The lowest BCUT2D eigenvalue weighted by Gasteiger charge is -2.37. The maximum absolute atomic E-state index is 12.5. The van der Waals surface area contributed by atoms with Crippen LogP contribution in [0.1, 0.15) is 56.6 Å². The molecule has 5 nitrogen and oxygen atoms in total. The summed E-state index contributed by atoms with van der Waals surface area (Å²) in [5.74, 6) is 0.190. The molecule has 1 aromatic carbocycles. The number of nitrogens with zero attached hydrogens (tertiary/aromatic N) is 1. The quantitative estimate of drug-likeness (QED) is 0.861. The Labute approximate surface area is 150 Å². The van der Waals surface area contributed by atoms with Crippen molar-refractivity contribution >= 4 is 11.8 Å². The van der Waals surface area contributed by atoms with Crippen LogP contribution in [-0.4, -0.2) is 28.8 Å². The van der Waals surface area contributed by atoms with Crippen LogP contribution in [-0.2, 0) is 22.7 Å². The van der Waals surface area contributed by atoms with E-state index in [9.17, 15) is 9.59 Å². The number of carbonyl (C=O) groups is 2. The monoisotopic (exact) mass is 343 g/mol. The Morgan fingerprint density at radius 3 is 2.84 bits per heavy atom. The average Bonchev–Trinajstić information content (AvgIpc) is 2.97. The molecule has 2 aliphatic rings. The minimum atomic E-state index is -0.402. The van der Waals surface area contributed by atoms with Gasteiger partial charge in [0.15, 0.2) is 0 Å². The zero-order valence-corrected chi connectivity index (χ0v) is 15.1. The van der Waals surface area contributed by atoms with Crippen molar-refractivity contribution in [1.82, 2.24) is 10.2 Å². The summed E-state index contributed by atoms with van der Waals surface area (Å²) in [4.78, 5) is 26.2. The highest BCUT2D eigenvalue weighted by Gasteiger charge is 2.37. The maximum Gasteiger partial charge on any atom is 0.225 e. The van der Waals surface area contributed by atoms with E-state index in [1.54, 1.807) is 0 Å². The second-order valence-corrected chi connectivity index (χ2v) is 7.76. The van der Waals surface area contributed by atoms with Crippen molar-refractivity contribution in [1.29, 1.82) is 0 Å². The molecule has 136 valence electrons. The van der Waals surface area contributed by atoms with Crippen molar-refractivity contribution in [2.75, 3.05) is 6.54 Å². The third kappa shape index (κ3) is 4.40. The Kier molecular flexibility index (Phi) is 5.42. The summed E-state index contributed by atoms with van der Waals surface area (Å²) in [6.45, 7) is 4.00. The van der Waals surface area contributed by atoms with Crippen LogP contribution in [0.3, 0.4) is 0 Å². The fraction of sp³-hybridized carbons (Fsp3) is 0.600. The predicted molar refractivity (Wildman–Crippen MR) is 97.5 cm³/mol. The Morgan fingerprint density at radius 2 is 2.12 bits per heavy atom. The van der Waals surface area contributed by atoms with Gasteiger partial charge in [-0.15, -0.1) is 0 Å². The van der Waals surface area contributed by atoms with Gasteiger partial charge in [0.05, 0.1) is 5.92 Å². The van der Waals surface area contributed by atoms with Crippen molar-refractivity contribution in [2.24, 2.45) is 11.7 Å². The molecule has 1 heterocycles. The number of hydrogen-bond donors (Lipinski definition) is 2. The summed E-state index contributed by atoms with van der Waals surface area (Å²) in [5, 5.41) is 3.05. The van der Waals surface area contributed by atoms with Gasteiger partial charge in [-0.25, -0.2) is 0 Å². The molecular formula is C20H29N3O2. The summed E-state index contributed by atoms with van der Waals surface area (Å²) in [6, 6.07) is 8.12. The van der Waals surface area contributed by atoms with E-state index in [2.05, 4.69) is 11.4 Å². The lowest BCUT2D eigenvalue weighted by atomic mass is 9.74. The van der Waals surface area contributed by atoms with Gasteiger partial charge in [-0.1, -0.05) is 37.1 Å². The smallest absolute Gasteiger partial charge is 0.225 e. The van der Waals surface area contributed by atoms with Crippen molar-refractivity contribution < 1.29 is 9.59 Å². The first kappa shape index (κ1) is 17.9. The Bertz CT molecular complexity index is 642. The fourth-order valence-corrected chi connectivity index (χ4v) is 4.03. The molecule has 0 radical (unpaired) electrons. The van der Waals surface area contributed by atoms with E-state index in [1.807, 2.05) is 30.0 Å². The van der Waals surface area contributed by atoms with Gasteiger partial charge in [0.1, 0.15) is 0 Å². The number of benzene rings is 1. The summed E-state index contributed by atoms with van der Waals surface area (Å²) in [7, 11) is 0. The molecule has 1 aliphatic carbocycles. The molecule has 5 heteroatoms. The first-order valence-electron chi connectivity index (χ1n) is 9.38. The minimum Gasteiger partial charge on any atom is -0.352 e. The Hall–Kier alpha value is -1.88. The molecule has 1 aromatic rings. The normalized spacial score (nSPS) is 26.7. The molecule has 1 saturated heterocycles. The molecule has 2 fully saturated rings. The number of likely N-dealkylation sites (tertiary alicyclic amines) is 1. The van der Waals surface area contributed by atoms with Gasteiger partial charge in [-0.2, -0.15) is 0 Å². The summed E-state index contributed by atoms with van der Waals surface area (Å²) >= 11 is 0. The topological polar surface area (TPSA) is 75.4 Å². The van der Waals surface area contributed by atoms with E-state index >= 15 is 0 Å². The van der Waals surface area contributed by atoms with Crippen LogP contribution >= 0.6 is 0 Å². The number of amides is 2. The second-order valence-electron chi connectivity index (χ2n) is 7.76. The van der Waals surface area contributed by atoms with Crippen molar-refractivity contribution in [3.63, 3.8) is 0 Å². The van der Waals surface area contributed by atoms with E-state index in [-0.39, 0.29) is 17.7 Å². The summed E-state index contributed by atoms with van der Waals surface area (Å²) in [6.07, 6.45) is 5.57. The van der Waals surface area contributed by atoms with Crippen molar-refractivity contribution in [3.05, 3.63) is 35.4 Å². The molecule has 0 spiro atoms. The van der Waals surface area contributed by atoms with Crippen LogP contribution in [0.2, 0.25) is 0 Å². The zero-order valence-electron chi connectivity index (χ0n) is 15.1. The molecule has 0 aromatic heterocycles. The second kappa shape index (κ2) is 7.56. The zero-order chi connectivity index (χ0) is 17.9. The lowest BCUT2D eigenvalue weighted by molar-refractivity contribution is -0.129. The predicted octanol–water partition coefficient (Wildman–Crippen LogP) is 2.33. The first-order chi connectivity index (χ1) is 12.0. The van der Waals surface area contributed by atoms with Gasteiger partial charge in [0.25, 0.3) is 0 Å². The molecule has 2 atom stereocenters. The van der Waals surface area contributed by atoms with Crippen molar-refractivity contribution in [2.45, 2.75) is 64.1 Å². The minimum absolute atomic E-state index is 0.0600. The third-order valence-electron chi connectivity index (χ3n) is 5.57. The van der Waals surface area contributed by atoms with Crippen LogP contribution < -0.4 is 11.1 Å². The van der Waals surface area contributed by atoms with Crippen LogP contribution in [0.25, 0.3) is 0 Å². The molecular weight excluding hydrogens is 314 g/mol.